The van der Waals surface area contributed by atoms with Crippen molar-refractivity contribution >= 4 is 0 Å². The van der Waals surface area contributed by atoms with E-state index in [-0.39, 0.29) is 17.7 Å². The van der Waals surface area contributed by atoms with E-state index in [0.717, 1.165) is 19.4 Å². The molecule has 1 N–H and O–H groups in total. The Labute approximate surface area is 121 Å². The van der Waals surface area contributed by atoms with Crippen LogP contribution in [-0.2, 0) is 6.42 Å². The Morgan fingerprint density at radius 2 is 1.90 bits per heavy atom. The molecule has 2 unspecified atom stereocenters. The number of benzene rings is 1. The Kier molecular flexibility index (Phi) is 7.75. The second-order valence-corrected chi connectivity index (χ2v) is 5.41. The van der Waals surface area contributed by atoms with Crippen LogP contribution >= 0.6 is 0 Å². The minimum Gasteiger partial charge on any atom is -0.314 e. The van der Waals surface area contributed by atoms with Crippen molar-refractivity contribution in [2.75, 3.05) is 6.54 Å². The van der Waals surface area contributed by atoms with Crippen molar-refractivity contribution in [1.29, 1.82) is 0 Å². The van der Waals surface area contributed by atoms with Gasteiger partial charge in [0.05, 0.1) is 0 Å². The average Bonchev–Trinajstić information content (AvgIpc) is 2.43. The van der Waals surface area contributed by atoms with Gasteiger partial charge in [-0.1, -0.05) is 40.0 Å². The van der Waals surface area contributed by atoms with Crippen molar-refractivity contribution < 1.29 is 8.78 Å². The molecule has 20 heavy (non-hydrogen) atoms. The summed E-state index contributed by atoms with van der Waals surface area (Å²) in [6.45, 7) is 7.26. The van der Waals surface area contributed by atoms with Crippen LogP contribution in [0.3, 0.4) is 0 Å². The number of likely N-dealkylation sites (N-methyl/N-ethyl adjacent to an activating group) is 1. The van der Waals surface area contributed by atoms with E-state index in [9.17, 15) is 8.78 Å². The van der Waals surface area contributed by atoms with E-state index in [1.165, 1.54) is 31.0 Å². The van der Waals surface area contributed by atoms with Crippen molar-refractivity contribution in [3.8, 4) is 0 Å². The zero-order chi connectivity index (χ0) is 15.0. The molecule has 114 valence electrons. The van der Waals surface area contributed by atoms with Crippen LogP contribution in [0.1, 0.15) is 52.0 Å². The molecular weight excluding hydrogens is 256 g/mol. The van der Waals surface area contributed by atoms with Gasteiger partial charge >= 0.3 is 0 Å². The molecule has 0 saturated carbocycles. The van der Waals surface area contributed by atoms with E-state index >= 15 is 0 Å². The molecule has 0 saturated heterocycles. The van der Waals surface area contributed by atoms with Crippen LogP contribution in [-0.4, -0.2) is 12.6 Å². The topological polar surface area (TPSA) is 12.0 Å². The van der Waals surface area contributed by atoms with Crippen molar-refractivity contribution in [1.82, 2.24) is 5.32 Å². The first kappa shape index (κ1) is 17.1. The highest BCUT2D eigenvalue weighted by Gasteiger charge is 2.20. The lowest BCUT2D eigenvalue weighted by Crippen LogP contribution is -2.38. The lowest BCUT2D eigenvalue weighted by molar-refractivity contribution is 0.317. The van der Waals surface area contributed by atoms with Crippen LogP contribution in [0.2, 0.25) is 0 Å². The van der Waals surface area contributed by atoms with Gasteiger partial charge in [-0.3, -0.25) is 0 Å². The molecule has 1 nitrogen and oxygen atoms in total. The van der Waals surface area contributed by atoms with E-state index in [1.807, 2.05) is 0 Å². The van der Waals surface area contributed by atoms with Crippen LogP contribution in [0.5, 0.6) is 0 Å². The molecule has 0 spiro atoms. The van der Waals surface area contributed by atoms with Crippen molar-refractivity contribution in [2.24, 2.45) is 5.92 Å². The highest BCUT2D eigenvalue weighted by atomic mass is 19.1. The fourth-order valence-electron chi connectivity index (χ4n) is 2.76. The normalized spacial score (nSPS) is 14.2. The standard InChI is InChI=1S/C17H27F2N/c1-4-7-8-13(5-2)17(20-6-3)12-14-11-15(18)9-10-16(14)19/h9-11,13,17,20H,4-8,12H2,1-3H3. The molecule has 1 aromatic carbocycles. The SMILES string of the molecule is CCCCC(CC)C(Cc1cc(F)ccc1F)NCC. The van der Waals surface area contributed by atoms with Gasteiger partial charge in [-0.05, 0) is 49.1 Å². The Morgan fingerprint density at radius 1 is 1.15 bits per heavy atom. The van der Waals surface area contributed by atoms with Gasteiger partial charge in [-0.15, -0.1) is 0 Å². The minimum absolute atomic E-state index is 0.216. The first-order valence-electron chi connectivity index (χ1n) is 7.79. The van der Waals surface area contributed by atoms with Gasteiger partial charge in [0.25, 0.3) is 0 Å². The molecule has 0 radical (unpaired) electrons. The summed E-state index contributed by atoms with van der Waals surface area (Å²) in [7, 11) is 0. The van der Waals surface area contributed by atoms with Crippen molar-refractivity contribution in [3.63, 3.8) is 0 Å². The van der Waals surface area contributed by atoms with Crippen molar-refractivity contribution in [2.45, 2.75) is 58.9 Å². The van der Waals surface area contributed by atoms with E-state index < -0.39 is 0 Å². The van der Waals surface area contributed by atoms with Crippen LogP contribution < -0.4 is 5.32 Å². The maximum absolute atomic E-state index is 13.8. The predicted octanol–water partition coefficient (Wildman–Crippen LogP) is 4.70. The predicted molar refractivity (Wildman–Crippen MR) is 80.8 cm³/mol. The molecular formula is C17H27F2N. The third-order valence-electron chi connectivity index (χ3n) is 3.94. The molecule has 1 rings (SSSR count). The summed E-state index contributed by atoms with van der Waals surface area (Å²) < 4.78 is 27.1. The van der Waals surface area contributed by atoms with Crippen LogP contribution in [0, 0.1) is 17.6 Å². The molecule has 3 heteroatoms. The van der Waals surface area contributed by atoms with Gasteiger partial charge in [0, 0.05) is 6.04 Å². The molecule has 0 amide bonds. The molecule has 0 heterocycles. The minimum atomic E-state index is -0.363. The maximum atomic E-state index is 13.8. The van der Waals surface area contributed by atoms with E-state index in [2.05, 4.69) is 26.1 Å². The summed E-state index contributed by atoms with van der Waals surface area (Å²) >= 11 is 0. The number of nitrogens with one attached hydrogen (secondary N) is 1. The van der Waals surface area contributed by atoms with Gasteiger partial charge in [-0.2, -0.15) is 0 Å². The van der Waals surface area contributed by atoms with E-state index in [0.29, 0.717) is 17.9 Å². The smallest absolute Gasteiger partial charge is 0.126 e. The summed E-state index contributed by atoms with van der Waals surface area (Å²) in [5.41, 5.74) is 0.478. The highest BCUT2D eigenvalue weighted by molar-refractivity contribution is 5.20. The first-order chi connectivity index (χ1) is 9.62. The number of unbranched alkanes of at least 4 members (excludes halogenated alkanes) is 1. The van der Waals surface area contributed by atoms with Crippen LogP contribution in [0.4, 0.5) is 8.78 Å². The molecule has 1 aromatic rings. The van der Waals surface area contributed by atoms with Crippen LogP contribution in [0.15, 0.2) is 18.2 Å². The van der Waals surface area contributed by atoms with Gasteiger partial charge in [0.1, 0.15) is 11.6 Å². The average molecular weight is 283 g/mol. The fourth-order valence-corrected chi connectivity index (χ4v) is 2.76. The van der Waals surface area contributed by atoms with Crippen molar-refractivity contribution in [3.05, 3.63) is 35.4 Å². The monoisotopic (exact) mass is 283 g/mol. The molecule has 0 fully saturated rings. The number of rotatable bonds is 9. The van der Waals surface area contributed by atoms with E-state index in [4.69, 9.17) is 0 Å². The quantitative estimate of drug-likeness (QED) is 0.692. The third-order valence-corrected chi connectivity index (χ3v) is 3.94. The largest absolute Gasteiger partial charge is 0.314 e. The molecule has 2 atom stereocenters. The molecule has 0 aromatic heterocycles. The molecule has 0 bridgehead atoms. The summed E-state index contributed by atoms with van der Waals surface area (Å²) in [6.07, 6.45) is 5.12. The molecule has 0 aliphatic heterocycles. The summed E-state index contributed by atoms with van der Waals surface area (Å²) in [4.78, 5) is 0. The Morgan fingerprint density at radius 3 is 2.50 bits per heavy atom. The van der Waals surface area contributed by atoms with Crippen LogP contribution in [0.25, 0.3) is 0 Å². The first-order valence-corrected chi connectivity index (χ1v) is 7.79. The highest BCUT2D eigenvalue weighted by Crippen LogP contribution is 2.22. The number of hydrogen-bond acceptors (Lipinski definition) is 1. The number of halogens is 2. The number of hydrogen-bond donors (Lipinski definition) is 1. The van der Waals surface area contributed by atoms with Gasteiger partial charge in [-0.25, -0.2) is 8.78 Å². The van der Waals surface area contributed by atoms with Gasteiger partial charge in [0.15, 0.2) is 0 Å². The summed E-state index contributed by atoms with van der Waals surface area (Å²) in [5.74, 6) is -0.157. The van der Waals surface area contributed by atoms with E-state index in [1.54, 1.807) is 0 Å². The van der Waals surface area contributed by atoms with Gasteiger partial charge in [0.2, 0.25) is 0 Å². The lowest BCUT2D eigenvalue weighted by atomic mass is 9.87. The molecule has 0 aliphatic carbocycles. The maximum Gasteiger partial charge on any atom is 0.126 e. The second kappa shape index (κ2) is 9.06. The second-order valence-electron chi connectivity index (χ2n) is 5.41. The zero-order valence-corrected chi connectivity index (χ0v) is 12.9. The zero-order valence-electron chi connectivity index (χ0n) is 12.9. The summed E-state index contributed by atoms with van der Waals surface area (Å²) in [5, 5.41) is 3.45. The Balaban J connectivity index is 2.81. The fraction of sp³-hybridized carbons (Fsp3) is 0.647. The van der Waals surface area contributed by atoms with Gasteiger partial charge < -0.3 is 5.32 Å². The lowest BCUT2D eigenvalue weighted by Gasteiger charge is -2.27. The third kappa shape index (κ3) is 5.20. The Hall–Kier alpha value is -0.960. The summed E-state index contributed by atoms with van der Waals surface area (Å²) in [6, 6.07) is 3.94. The molecule has 0 aliphatic rings. The Bertz CT molecular complexity index is 393.